The third kappa shape index (κ3) is 11.5. The first kappa shape index (κ1) is 15.4. The van der Waals surface area contributed by atoms with Crippen molar-refractivity contribution in [2.24, 2.45) is 0 Å². The Hall–Kier alpha value is -0.550. The molecule has 0 heterocycles. The Morgan fingerprint density at radius 2 is 1.94 bits per heavy atom. The molecule has 1 unspecified atom stereocenters. The summed E-state index contributed by atoms with van der Waals surface area (Å²) in [6.07, 6.45) is 0.861. The van der Waals surface area contributed by atoms with E-state index in [0.717, 1.165) is 25.7 Å². The molecule has 0 aromatic heterocycles. The van der Waals surface area contributed by atoms with Crippen LogP contribution < -0.4 is 0 Å². The lowest BCUT2D eigenvalue weighted by atomic mass is 10.1. The highest BCUT2D eigenvalue weighted by Gasteiger charge is 2.27. The van der Waals surface area contributed by atoms with Crippen molar-refractivity contribution >= 4 is 0 Å². The van der Waals surface area contributed by atoms with Crippen LogP contribution in [0.3, 0.4) is 0 Å². The van der Waals surface area contributed by atoms with E-state index < -0.39 is 18.9 Å². The molecule has 0 amide bonds. The maximum Gasteiger partial charge on any atom is 0.411 e. The number of halogens is 3. The van der Waals surface area contributed by atoms with E-state index in [4.69, 9.17) is 0 Å². The van der Waals surface area contributed by atoms with Gasteiger partial charge in [0.25, 0.3) is 0 Å². The van der Waals surface area contributed by atoms with Crippen molar-refractivity contribution in [2.45, 2.75) is 44.4 Å². The molecular weight excluding hydrogens is 221 g/mol. The highest BCUT2D eigenvalue weighted by molar-refractivity contribution is 4.65. The van der Waals surface area contributed by atoms with Crippen molar-refractivity contribution in [2.75, 3.05) is 13.2 Å². The van der Waals surface area contributed by atoms with E-state index in [9.17, 15) is 18.3 Å². The van der Waals surface area contributed by atoms with Gasteiger partial charge in [-0.15, -0.1) is 6.58 Å². The van der Waals surface area contributed by atoms with Gasteiger partial charge in [-0.2, -0.15) is 13.2 Å². The van der Waals surface area contributed by atoms with Crippen LogP contribution in [0.5, 0.6) is 0 Å². The normalized spacial score (nSPS) is 13.8. The lowest BCUT2D eigenvalue weighted by Gasteiger charge is -2.12. The molecule has 96 valence electrons. The molecule has 0 aliphatic carbocycles. The number of hydrogen-bond acceptors (Lipinski definition) is 2. The lowest BCUT2D eigenvalue weighted by Crippen LogP contribution is -2.22. The van der Waals surface area contributed by atoms with E-state index >= 15 is 0 Å². The van der Waals surface area contributed by atoms with Crippen LogP contribution in [0.25, 0.3) is 0 Å². The summed E-state index contributed by atoms with van der Waals surface area (Å²) in [5.41, 5.74) is 0. The van der Waals surface area contributed by atoms with Gasteiger partial charge in [-0.3, -0.25) is 0 Å². The highest BCUT2D eigenvalue weighted by atomic mass is 19.4. The van der Waals surface area contributed by atoms with Gasteiger partial charge in [-0.05, 0) is 19.3 Å². The second-order valence-corrected chi connectivity index (χ2v) is 3.71. The van der Waals surface area contributed by atoms with Crippen molar-refractivity contribution in [3.8, 4) is 0 Å². The van der Waals surface area contributed by atoms with E-state index in [1.54, 1.807) is 0 Å². The Labute approximate surface area is 94.1 Å². The summed E-state index contributed by atoms with van der Waals surface area (Å²) >= 11 is 0. The molecule has 1 atom stereocenters. The average Bonchev–Trinajstić information content (AvgIpc) is 2.15. The third-order valence-electron chi connectivity index (χ3n) is 2.02. The van der Waals surface area contributed by atoms with Gasteiger partial charge in [-0.1, -0.05) is 18.9 Å². The summed E-state index contributed by atoms with van der Waals surface area (Å²) in [6, 6.07) is 0. The van der Waals surface area contributed by atoms with Gasteiger partial charge in [-0.25, -0.2) is 0 Å². The Morgan fingerprint density at radius 1 is 1.25 bits per heavy atom. The maximum atomic E-state index is 11.7. The molecule has 0 aliphatic heterocycles. The molecule has 0 spiro atoms. The zero-order valence-electron chi connectivity index (χ0n) is 9.30. The number of ether oxygens (including phenoxy) is 1. The Balaban J connectivity index is 3.31. The second-order valence-electron chi connectivity index (χ2n) is 3.71. The van der Waals surface area contributed by atoms with Gasteiger partial charge in [0.1, 0.15) is 6.61 Å². The minimum Gasteiger partial charge on any atom is -0.391 e. The SMILES string of the molecule is C=CCCCCCC(O)COCC(F)(F)F. The van der Waals surface area contributed by atoms with Crippen molar-refractivity contribution in [1.82, 2.24) is 0 Å². The van der Waals surface area contributed by atoms with Gasteiger partial charge in [0.2, 0.25) is 0 Å². The molecule has 0 saturated heterocycles. The Bertz CT molecular complexity index is 181. The number of aliphatic hydroxyl groups excluding tert-OH is 1. The zero-order chi connectivity index (χ0) is 12.4. The first-order valence-electron chi connectivity index (χ1n) is 5.39. The summed E-state index contributed by atoms with van der Waals surface area (Å²) in [5.74, 6) is 0. The van der Waals surface area contributed by atoms with Crippen LogP contribution in [0.4, 0.5) is 13.2 Å². The summed E-state index contributed by atoms with van der Waals surface area (Å²) in [7, 11) is 0. The maximum absolute atomic E-state index is 11.7. The van der Waals surface area contributed by atoms with E-state index in [0.29, 0.717) is 6.42 Å². The predicted octanol–water partition coefficient (Wildman–Crippen LogP) is 3.06. The van der Waals surface area contributed by atoms with Crippen molar-refractivity contribution < 1.29 is 23.0 Å². The molecule has 0 radical (unpaired) electrons. The summed E-state index contributed by atoms with van der Waals surface area (Å²) in [5, 5.41) is 9.29. The first-order valence-corrected chi connectivity index (χ1v) is 5.39. The fourth-order valence-electron chi connectivity index (χ4n) is 1.24. The fraction of sp³-hybridized carbons (Fsp3) is 0.818. The quantitative estimate of drug-likeness (QED) is 0.496. The number of rotatable bonds is 9. The van der Waals surface area contributed by atoms with E-state index in [1.807, 2.05) is 6.08 Å². The number of hydrogen-bond donors (Lipinski definition) is 1. The minimum atomic E-state index is -4.32. The van der Waals surface area contributed by atoms with Gasteiger partial charge in [0.15, 0.2) is 0 Å². The molecule has 0 saturated carbocycles. The van der Waals surface area contributed by atoms with Gasteiger partial charge >= 0.3 is 6.18 Å². The minimum absolute atomic E-state index is 0.249. The molecule has 5 heteroatoms. The number of unbranched alkanes of at least 4 members (excludes halogenated alkanes) is 3. The molecule has 0 bridgehead atoms. The standard InChI is InChI=1S/C11H19F3O2/c1-2-3-4-5-6-7-10(15)8-16-9-11(12,13)14/h2,10,15H,1,3-9H2. The van der Waals surface area contributed by atoms with Crippen LogP contribution in [0.15, 0.2) is 12.7 Å². The molecule has 0 fully saturated rings. The van der Waals surface area contributed by atoms with Crippen molar-refractivity contribution in [3.05, 3.63) is 12.7 Å². The van der Waals surface area contributed by atoms with Crippen LogP contribution in [0, 0.1) is 0 Å². The molecule has 16 heavy (non-hydrogen) atoms. The molecular formula is C11H19F3O2. The monoisotopic (exact) mass is 240 g/mol. The van der Waals surface area contributed by atoms with Crippen LogP contribution >= 0.6 is 0 Å². The Morgan fingerprint density at radius 3 is 2.50 bits per heavy atom. The van der Waals surface area contributed by atoms with Gasteiger partial charge in [0.05, 0.1) is 12.7 Å². The lowest BCUT2D eigenvalue weighted by molar-refractivity contribution is -0.179. The molecule has 2 nitrogen and oxygen atoms in total. The average molecular weight is 240 g/mol. The van der Waals surface area contributed by atoms with Crippen molar-refractivity contribution in [1.29, 1.82) is 0 Å². The number of alkyl halides is 3. The van der Waals surface area contributed by atoms with Gasteiger partial charge in [0, 0.05) is 0 Å². The highest BCUT2D eigenvalue weighted by Crippen LogP contribution is 2.15. The number of aliphatic hydroxyl groups is 1. The summed E-state index contributed by atoms with van der Waals surface area (Å²) in [6.45, 7) is 2.04. The Kier molecular flexibility index (Phi) is 8.29. The first-order chi connectivity index (χ1) is 7.45. The predicted molar refractivity (Wildman–Crippen MR) is 56.2 cm³/mol. The molecule has 1 N–H and O–H groups in total. The van der Waals surface area contributed by atoms with E-state index in [1.165, 1.54) is 0 Å². The largest absolute Gasteiger partial charge is 0.411 e. The fourth-order valence-corrected chi connectivity index (χ4v) is 1.24. The third-order valence-corrected chi connectivity index (χ3v) is 2.02. The van der Waals surface area contributed by atoms with E-state index in [-0.39, 0.29) is 6.61 Å². The van der Waals surface area contributed by atoms with Crippen LogP contribution in [0.2, 0.25) is 0 Å². The summed E-state index contributed by atoms with van der Waals surface area (Å²) < 4.78 is 39.4. The second kappa shape index (κ2) is 8.58. The number of allylic oxidation sites excluding steroid dienone is 1. The van der Waals surface area contributed by atoms with Crippen LogP contribution in [0.1, 0.15) is 32.1 Å². The van der Waals surface area contributed by atoms with Gasteiger partial charge < -0.3 is 9.84 Å². The summed E-state index contributed by atoms with van der Waals surface area (Å²) in [4.78, 5) is 0. The molecule has 0 rings (SSSR count). The van der Waals surface area contributed by atoms with Crippen LogP contribution in [-0.2, 0) is 4.74 Å². The van der Waals surface area contributed by atoms with Crippen molar-refractivity contribution in [3.63, 3.8) is 0 Å². The molecule has 0 aromatic rings. The molecule has 0 aliphatic rings. The van der Waals surface area contributed by atoms with E-state index in [2.05, 4.69) is 11.3 Å². The molecule has 0 aromatic carbocycles. The smallest absolute Gasteiger partial charge is 0.391 e. The topological polar surface area (TPSA) is 29.5 Å². The van der Waals surface area contributed by atoms with Crippen LogP contribution in [-0.4, -0.2) is 30.6 Å². The zero-order valence-corrected chi connectivity index (χ0v) is 9.30.